The van der Waals surface area contributed by atoms with Gasteiger partial charge >= 0.3 is 18.1 Å². The lowest BCUT2D eigenvalue weighted by atomic mass is 9.80. The van der Waals surface area contributed by atoms with E-state index >= 15 is 0 Å². The van der Waals surface area contributed by atoms with E-state index in [4.69, 9.17) is 9.47 Å². The minimum Gasteiger partial charge on any atom is -0.478 e. The molecule has 1 heterocycles. The summed E-state index contributed by atoms with van der Waals surface area (Å²) in [5, 5.41) is 12.5. The van der Waals surface area contributed by atoms with Crippen LogP contribution in [-0.4, -0.2) is 37.4 Å². The molecule has 0 spiro atoms. The molecule has 0 saturated carbocycles. The van der Waals surface area contributed by atoms with Gasteiger partial charge in [-0.05, 0) is 31.5 Å². The average Bonchev–Trinajstić information content (AvgIpc) is 2.60. The number of methoxy groups -OCH3 is 1. The standard InChI is InChI=1S/C19H20F3NO5/c1-10-14(17(24)25)16(12-4-6-13(7-5-12)19(20,21)22)15(11(2)23-10)18(26)28-9-8-27-3/h4-7,16,23H,8-9H2,1-3H3,(H,24,25). The zero-order valence-electron chi connectivity index (χ0n) is 15.5. The summed E-state index contributed by atoms with van der Waals surface area (Å²) in [4.78, 5) is 24.4. The molecule has 1 aliphatic rings. The Balaban J connectivity index is 2.52. The number of ether oxygens (including phenoxy) is 2. The number of carboxylic acid groups (broad SMARTS) is 1. The fourth-order valence-corrected chi connectivity index (χ4v) is 3.04. The van der Waals surface area contributed by atoms with E-state index in [0.717, 1.165) is 12.1 Å². The van der Waals surface area contributed by atoms with Crippen LogP contribution >= 0.6 is 0 Å². The number of carboxylic acids is 1. The van der Waals surface area contributed by atoms with E-state index in [-0.39, 0.29) is 29.9 Å². The van der Waals surface area contributed by atoms with E-state index in [9.17, 15) is 27.9 Å². The molecule has 6 nitrogen and oxygen atoms in total. The molecular formula is C19H20F3NO5. The molecule has 152 valence electrons. The summed E-state index contributed by atoms with van der Waals surface area (Å²) in [5.41, 5.74) is -0.0713. The molecule has 2 rings (SSSR count). The van der Waals surface area contributed by atoms with Crippen molar-refractivity contribution < 1.29 is 37.3 Å². The highest BCUT2D eigenvalue weighted by Crippen LogP contribution is 2.39. The van der Waals surface area contributed by atoms with Crippen LogP contribution < -0.4 is 5.32 Å². The second-order valence-corrected chi connectivity index (χ2v) is 6.19. The zero-order chi connectivity index (χ0) is 21.1. The Bertz CT molecular complexity index is 825. The van der Waals surface area contributed by atoms with Gasteiger partial charge in [0.1, 0.15) is 6.61 Å². The predicted octanol–water partition coefficient (Wildman–Crippen LogP) is 3.21. The molecule has 1 aromatic rings. The van der Waals surface area contributed by atoms with Crippen LogP contribution in [0.4, 0.5) is 13.2 Å². The summed E-state index contributed by atoms with van der Waals surface area (Å²) in [6.07, 6.45) is -4.53. The third-order valence-electron chi connectivity index (χ3n) is 4.30. The van der Waals surface area contributed by atoms with Gasteiger partial charge in [-0.25, -0.2) is 9.59 Å². The smallest absolute Gasteiger partial charge is 0.416 e. The van der Waals surface area contributed by atoms with E-state index in [2.05, 4.69) is 5.32 Å². The van der Waals surface area contributed by atoms with Crippen LogP contribution in [0.3, 0.4) is 0 Å². The first kappa shape index (κ1) is 21.5. The van der Waals surface area contributed by atoms with Gasteiger partial charge in [-0.1, -0.05) is 12.1 Å². The molecular weight excluding hydrogens is 379 g/mol. The topological polar surface area (TPSA) is 84.9 Å². The van der Waals surface area contributed by atoms with Crippen molar-refractivity contribution in [2.75, 3.05) is 20.3 Å². The maximum atomic E-state index is 12.9. The average molecular weight is 399 g/mol. The number of esters is 1. The van der Waals surface area contributed by atoms with E-state index in [0.29, 0.717) is 11.4 Å². The van der Waals surface area contributed by atoms with Gasteiger partial charge < -0.3 is 19.9 Å². The van der Waals surface area contributed by atoms with Gasteiger partial charge in [-0.3, -0.25) is 0 Å². The number of benzene rings is 1. The number of allylic oxidation sites excluding steroid dienone is 2. The van der Waals surface area contributed by atoms with Crippen molar-refractivity contribution in [3.63, 3.8) is 0 Å². The minimum atomic E-state index is -4.53. The number of hydrogen-bond acceptors (Lipinski definition) is 5. The number of hydrogen-bond donors (Lipinski definition) is 2. The molecule has 1 atom stereocenters. The van der Waals surface area contributed by atoms with Gasteiger partial charge in [0.2, 0.25) is 0 Å². The SMILES string of the molecule is COCCOC(=O)C1=C(C)NC(C)=C(C(=O)O)C1c1ccc(C(F)(F)F)cc1. The normalized spacial score (nSPS) is 17.4. The third-order valence-corrected chi connectivity index (χ3v) is 4.30. The number of alkyl halides is 3. The Morgan fingerprint density at radius 1 is 1.07 bits per heavy atom. The second kappa shape index (κ2) is 8.47. The molecule has 2 N–H and O–H groups in total. The van der Waals surface area contributed by atoms with E-state index < -0.39 is 29.6 Å². The number of rotatable bonds is 6. The summed E-state index contributed by atoms with van der Waals surface area (Å²) in [6.45, 7) is 3.21. The molecule has 0 fully saturated rings. The van der Waals surface area contributed by atoms with Crippen LogP contribution in [0.15, 0.2) is 46.8 Å². The molecule has 0 aliphatic carbocycles. The fourth-order valence-electron chi connectivity index (χ4n) is 3.04. The molecule has 0 saturated heterocycles. The summed E-state index contributed by atoms with van der Waals surface area (Å²) < 4.78 is 48.5. The van der Waals surface area contributed by atoms with Crippen LogP contribution in [0.25, 0.3) is 0 Å². The Hall–Kier alpha value is -2.81. The number of dihydropyridines is 1. The van der Waals surface area contributed by atoms with Crippen LogP contribution in [0.1, 0.15) is 30.9 Å². The van der Waals surface area contributed by atoms with Gasteiger partial charge in [0.25, 0.3) is 0 Å². The third kappa shape index (κ3) is 4.53. The maximum Gasteiger partial charge on any atom is 0.416 e. The lowest BCUT2D eigenvalue weighted by molar-refractivity contribution is -0.141. The number of carbonyl (C=O) groups is 2. The monoisotopic (exact) mass is 399 g/mol. The van der Waals surface area contributed by atoms with E-state index in [1.807, 2.05) is 0 Å². The van der Waals surface area contributed by atoms with Crippen molar-refractivity contribution in [1.29, 1.82) is 0 Å². The van der Waals surface area contributed by atoms with Crippen molar-refractivity contribution in [3.05, 3.63) is 57.9 Å². The molecule has 0 aromatic heterocycles. The largest absolute Gasteiger partial charge is 0.478 e. The molecule has 1 aliphatic heterocycles. The molecule has 0 radical (unpaired) electrons. The first-order chi connectivity index (χ1) is 13.1. The Labute approximate surface area is 159 Å². The Kier molecular flexibility index (Phi) is 6.50. The van der Waals surface area contributed by atoms with Crippen LogP contribution in [0, 0.1) is 0 Å². The molecule has 1 aromatic carbocycles. The molecule has 9 heteroatoms. The number of nitrogens with one attached hydrogen (secondary N) is 1. The van der Waals surface area contributed by atoms with Gasteiger partial charge in [0, 0.05) is 18.5 Å². The van der Waals surface area contributed by atoms with E-state index in [1.54, 1.807) is 6.92 Å². The van der Waals surface area contributed by atoms with Crippen LogP contribution in [0.2, 0.25) is 0 Å². The summed E-state index contributed by atoms with van der Waals surface area (Å²) in [5.74, 6) is -3.13. The second-order valence-electron chi connectivity index (χ2n) is 6.19. The van der Waals surface area contributed by atoms with Gasteiger partial charge in [-0.2, -0.15) is 13.2 Å². The summed E-state index contributed by atoms with van der Waals surface area (Å²) >= 11 is 0. The minimum absolute atomic E-state index is 0.0267. The lowest BCUT2D eigenvalue weighted by Gasteiger charge is -2.29. The Morgan fingerprint density at radius 3 is 2.14 bits per heavy atom. The highest BCUT2D eigenvalue weighted by Gasteiger charge is 2.38. The van der Waals surface area contributed by atoms with Crippen LogP contribution in [0.5, 0.6) is 0 Å². The first-order valence-corrected chi connectivity index (χ1v) is 8.33. The molecule has 28 heavy (non-hydrogen) atoms. The number of halogens is 3. The number of aliphatic carboxylic acids is 1. The molecule has 1 unspecified atom stereocenters. The van der Waals surface area contributed by atoms with Gasteiger partial charge in [0.15, 0.2) is 0 Å². The fraction of sp³-hybridized carbons (Fsp3) is 0.368. The zero-order valence-corrected chi connectivity index (χ0v) is 15.5. The lowest BCUT2D eigenvalue weighted by Crippen LogP contribution is -2.32. The van der Waals surface area contributed by atoms with Gasteiger partial charge in [-0.15, -0.1) is 0 Å². The highest BCUT2D eigenvalue weighted by atomic mass is 19.4. The van der Waals surface area contributed by atoms with Gasteiger partial charge in [0.05, 0.1) is 29.2 Å². The molecule has 0 bridgehead atoms. The Morgan fingerprint density at radius 2 is 1.64 bits per heavy atom. The molecule has 0 amide bonds. The number of carbonyl (C=O) groups excluding carboxylic acids is 1. The van der Waals surface area contributed by atoms with E-state index in [1.165, 1.54) is 26.2 Å². The summed E-state index contributed by atoms with van der Waals surface area (Å²) in [6, 6.07) is 4.06. The van der Waals surface area contributed by atoms with Crippen molar-refractivity contribution in [1.82, 2.24) is 5.32 Å². The maximum absolute atomic E-state index is 12.9. The van der Waals surface area contributed by atoms with Crippen molar-refractivity contribution in [2.45, 2.75) is 25.9 Å². The van der Waals surface area contributed by atoms with Crippen LogP contribution in [-0.2, 0) is 25.2 Å². The predicted molar refractivity (Wildman–Crippen MR) is 93.2 cm³/mol. The highest BCUT2D eigenvalue weighted by molar-refractivity contribution is 5.99. The summed E-state index contributed by atoms with van der Waals surface area (Å²) in [7, 11) is 1.43. The first-order valence-electron chi connectivity index (χ1n) is 8.33. The van der Waals surface area contributed by atoms with Crippen molar-refractivity contribution in [2.24, 2.45) is 0 Å². The quantitative estimate of drug-likeness (QED) is 0.565. The van der Waals surface area contributed by atoms with Crippen molar-refractivity contribution in [3.8, 4) is 0 Å². The van der Waals surface area contributed by atoms with Crippen molar-refractivity contribution >= 4 is 11.9 Å².